The maximum Gasteiger partial charge on any atom is 0.0227 e. The molecule has 3 heterocycles. The third-order valence-electron chi connectivity index (χ3n) is 6.34. The number of rotatable bonds is 5. The normalized spacial score (nSPS) is 36.1. The van der Waals surface area contributed by atoms with Gasteiger partial charge in [0, 0.05) is 63.4 Å². The zero-order valence-corrected chi connectivity index (χ0v) is 15.1. The van der Waals surface area contributed by atoms with E-state index in [1.165, 1.54) is 58.7 Å². The molecular weight excluding hydrogens is 272 g/mol. The van der Waals surface area contributed by atoms with Crippen molar-refractivity contribution in [3.8, 4) is 0 Å². The van der Waals surface area contributed by atoms with Crippen LogP contribution in [0, 0.1) is 5.92 Å². The maximum absolute atomic E-state index is 3.88. The van der Waals surface area contributed by atoms with Crippen molar-refractivity contribution in [2.45, 2.75) is 64.7 Å². The topological polar surface area (TPSA) is 21.8 Å². The molecule has 0 aliphatic carbocycles. The first-order valence-corrected chi connectivity index (χ1v) is 9.53. The Kier molecular flexibility index (Phi) is 5.43. The highest BCUT2D eigenvalue weighted by Crippen LogP contribution is 2.31. The van der Waals surface area contributed by atoms with Crippen LogP contribution in [0.25, 0.3) is 0 Å². The minimum Gasteiger partial charge on any atom is -0.308 e. The van der Waals surface area contributed by atoms with Crippen LogP contribution in [0.2, 0.25) is 0 Å². The second-order valence-corrected chi connectivity index (χ2v) is 8.07. The lowest BCUT2D eigenvalue weighted by molar-refractivity contribution is 0.0909. The second-order valence-electron chi connectivity index (χ2n) is 8.07. The van der Waals surface area contributed by atoms with Gasteiger partial charge in [-0.25, -0.2) is 0 Å². The molecule has 4 nitrogen and oxygen atoms in total. The molecule has 4 atom stereocenters. The summed E-state index contributed by atoms with van der Waals surface area (Å²) in [6, 6.07) is 2.93. The van der Waals surface area contributed by atoms with Crippen LogP contribution in [0.1, 0.15) is 40.5 Å². The van der Waals surface area contributed by atoms with E-state index in [9.17, 15) is 0 Å². The van der Waals surface area contributed by atoms with Crippen LogP contribution in [0.3, 0.4) is 0 Å². The van der Waals surface area contributed by atoms with Gasteiger partial charge in [0.15, 0.2) is 0 Å². The van der Waals surface area contributed by atoms with Gasteiger partial charge in [0.2, 0.25) is 0 Å². The highest BCUT2D eigenvalue weighted by atomic mass is 15.3. The lowest BCUT2D eigenvalue weighted by atomic mass is 9.92. The van der Waals surface area contributed by atoms with Gasteiger partial charge >= 0.3 is 0 Å². The Morgan fingerprint density at radius 2 is 1.73 bits per heavy atom. The number of hydrogen-bond donors (Lipinski definition) is 1. The van der Waals surface area contributed by atoms with Crippen LogP contribution in [-0.4, -0.2) is 84.7 Å². The van der Waals surface area contributed by atoms with Crippen molar-refractivity contribution in [3.05, 3.63) is 0 Å². The first kappa shape index (κ1) is 16.7. The van der Waals surface area contributed by atoms with Crippen molar-refractivity contribution >= 4 is 0 Å². The summed E-state index contributed by atoms with van der Waals surface area (Å²) in [5.74, 6) is 0.882. The monoisotopic (exact) mass is 308 g/mol. The van der Waals surface area contributed by atoms with Gasteiger partial charge in [0.05, 0.1) is 0 Å². The Morgan fingerprint density at radius 3 is 2.36 bits per heavy atom. The third kappa shape index (κ3) is 3.66. The molecule has 22 heavy (non-hydrogen) atoms. The van der Waals surface area contributed by atoms with Crippen LogP contribution in [0.4, 0.5) is 0 Å². The van der Waals surface area contributed by atoms with Crippen molar-refractivity contribution in [2.24, 2.45) is 5.92 Å². The van der Waals surface area contributed by atoms with Gasteiger partial charge < -0.3 is 10.2 Å². The van der Waals surface area contributed by atoms with Gasteiger partial charge in [0.1, 0.15) is 0 Å². The molecule has 0 aromatic rings. The fraction of sp³-hybridized carbons (Fsp3) is 1.00. The lowest BCUT2D eigenvalue weighted by Crippen LogP contribution is -2.54. The van der Waals surface area contributed by atoms with Gasteiger partial charge in [-0.1, -0.05) is 6.92 Å². The number of nitrogens with zero attached hydrogens (tertiary/aromatic N) is 3. The number of likely N-dealkylation sites (tertiary alicyclic amines) is 1. The number of likely N-dealkylation sites (N-methyl/N-ethyl adjacent to an activating group) is 1. The van der Waals surface area contributed by atoms with Crippen LogP contribution in [0.15, 0.2) is 0 Å². The van der Waals surface area contributed by atoms with E-state index in [0.717, 1.165) is 24.0 Å². The van der Waals surface area contributed by atoms with Crippen molar-refractivity contribution in [2.75, 3.05) is 45.8 Å². The van der Waals surface area contributed by atoms with Crippen molar-refractivity contribution in [1.82, 2.24) is 20.0 Å². The van der Waals surface area contributed by atoms with Crippen LogP contribution < -0.4 is 5.32 Å². The zero-order valence-electron chi connectivity index (χ0n) is 15.1. The minimum atomic E-state index is 0.699. The first-order chi connectivity index (χ1) is 10.6. The van der Waals surface area contributed by atoms with E-state index >= 15 is 0 Å². The summed E-state index contributed by atoms with van der Waals surface area (Å²) in [4.78, 5) is 7.99. The summed E-state index contributed by atoms with van der Waals surface area (Å²) >= 11 is 0. The molecule has 3 rings (SSSR count). The van der Waals surface area contributed by atoms with E-state index in [0.29, 0.717) is 6.04 Å². The third-order valence-corrected chi connectivity index (χ3v) is 6.34. The molecule has 0 saturated carbocycles. The average molecular weight is 309 g/mol. The maximum atomic E-state index is 3.88. The predicted molar refractivity (Wildman–Crippen MR) is 93.3 cm³/mol. The van der Waals surface area contributed by atoms with Gasteiger partial charge in [-0.15, -0.1) is 0 Å². The fourth-order valence-electron chi connectivity index (χ4n) is 4.77. The standard InChI is InChI=1S/C18H36N4/c1-5-20-6-8-21(9-7-20)15(4)10-16-11-17-12-22(14(2)3)13-18(16)19-17/h14-19H,5-13H2,1-4H3. The Bertz CT molecular complexity index is 351. The summed E-state index contributed by atoms with van der Waals surface area (Å²) < 4.78 is 0. The van der Waals surface area contributed by atoms with E-state index in [4.69, 9.17) is 0 Å². The molecule has 3 fully saturated rings. The molecule has 2 bridgehead atoms. The predicted octanol–water partition coefficient (Wildman–Crippen LogP) is 1.47. The van der Waals surface area contributed by atoms with E-state index in [-0.39, 0.29) is 0 Å². The average Bonchev–Trinajstić information content (AvgIpc) is 2.80. The zero-order chi connectivity index (χ0) is 15.7. The first-order valence-electron chi connectivity index (χ1n) is 9.53. The summed E-state index contributed by atoms with van der Waals surface area (Å²) in [5, 5.41) is 3.88. The second kappa shape index (κ2) is 7.16. The molecule has 0 spiro atoms. The molecule has 0 radical (unpaired) electrons. The SMILES string of the molecule is CCN1CCN(C(C)CC2CC3CN(C(C)C)CC2N3)CC1. The largest absolute Gasteiger partial charge is 0.308 e. The van der Waals surface area contributed by atoms with Crippen molar-refractivity contribution in [3.63, 3.8) is 0 Å². The smallest absolute Gasteiger partial charge is 0.0227 e. The molecule has 1 N–H and O–H groups in total. The Morgan fingerprint density at radius 1 is 1.00 bits per heavy atom. The van der Waals surface area contributed by atoms with Gasteiger partial charge in [0.25, 0.3) is 0 Å². The van der Waals surface area contributed by atoms with Gasteiger partial charge in [-0.2, -0.15) is 0 Å². The van der Waals surface area contributed by atoms with Crippen molar-refractivity contribution < 1.29 is 0 Å². The highest BCUT2D eigenvalue weighted by Gasteiger charge is 2.40. The van der Waals surface area contributed by atoms with Crippen LogP contribution >= 0.6 is 0 Å². The van der Waals surface area contributed by atoms with Crippen LogP contribution in [0.5, 0.6) is 0 Å². The summed E-state index contributed by atoms with van der Waals surface area (Å²) in [7, 11) is 0. The van der Waals surface area contributed by atoms with Crippen molar-refractivity contribution in [1.29, 1.82) is 0 Å². The molecule has 3 saturated heterocycles. The molecule has 128 valence electrons. The lowest BCUT2D eigenvalue weighted by Gasteiger charge is -2.39. The molecule has 3 aliphatic rings. The van der Waals surface area contributed by atoms with Gasteiger partial charge in [-0.3, -0.25) is 9.80 Å². The molecule has 4 unspecified atom stereocenters. The fourth-order valence-corrected chi connectivity index (χ4v) is 4.77. The quantitative estimate of drug-likeness (QED) is 0.830. The summed E-state index contributed by atoms with van der Waals surface area (Å²) in [5.41, 5.74) is 0. The number of nitrogens with one attached hydrogen (secondary N) is 1. The van der Waals surface area contributed by atoms with E-state index < -0.39 is 0 Å². The molecule has 3 aliphatic heterocycles. The number of fused-ring (bicyclic) bond motifs is 2. The van der Waals surface area contributed by atoms with E-state index in [2.05, 4.69) is 47.7 Å². The summed E-state index contributed by atoms with van der Waals surface area (Å²) in [6.07, 6.45) is 2.78. The Balaban J connectivity index is 1.49. The Labute approximate surface area is 137 Å². The van der Waals surface area contributed by atoms with E-state index in [1.807, 2.05) is 0 Å². The van der Waals surface area contributed by atoms with E-state index in [1.54, 1.807) is 0 Å². The molecular formula is C18H36N4. The Hall–Kier alpha value is -0.160. The molecule has 4 heteroatoms. The van der Waals surface area contributed by atoms with Crippen LogP contribution in [-0.2, 0) is 0 Å². The highest BCUT2D eigenvalue weighted by molar-refractivity contribution is 4.99. The number of hydrogen-bond acceptors (Lipinski definition) is 4. The molecule has 0 aromatic carbocycles. The number of piperazine rings is 2. The minimum absolute atomic E-state index is 0.699. The van der Waals surface area contributed by atoms with Gasteiger partial charge in [-0.05, 0) is 46.1 Å². The summed E-state index contributed by atoms with van der Waals surface area (Å²) in [6.45, 7) is 18.2. The molecule has 0 amide bonds. The molecule has 0 aromatic heterocycles.